The molecule has 0 aliphatic rings. The largest absolute Gasteiger partial charge is 0.384 e. The van der Waals surface area contributed by atoms with E-state index >= 15 is 0 Å². The summed E-state index contributed by atoms with van der Waals surface area (Å²) < 4.78 is 10.3. The number of methoxy groups -OCH3 is 1. The van der Waals surface area contributed by atoms with Gasteiger partial charge < -0.3 is 14.6 Å². The molecule has 0 aliphatic carbocycles. The molecule has 0 fully saturated rings. The van der Waals surface area contributed by atoms with Crippen molar-refractivity contribution in [1.29, 1.82) is 0 Å². The number of ether oxygens (including phenoxy) is 1. The fraction of sp³-hybridized carbons (Fsp3) is 0.833. The van der Waals surface area contributed by atoms with Crippen LogP contribution in [0.4, 0.5) is 0 Å². The molecule has 0 saturated carbocycles. The zero-order valence-electron chi connectivity index (χ0n) is 11.4. The molecule has 1 N–H and O–H groups in total. The van der Waals surface area contributed by atoms with Gasteiger partial charge in [-0.2, -0.15) is 4.98 Å². The lowest BCUT2D eigenvalue weighted by atomic mass is 9.89. The van der Waals surface area contributed by atoms with Crippen molar-refractivity contribution in [3.63, 3.8) is 0 Å². The SMILES string of the molecule is CNC(C)C(c1nc(CCOC)no1)C(C)C. The summed E-state index contributed by atoms with van der Waals surface area (Å²) in [6.45, 7) is 7.08. The second kappa shape index (κ2) is 6.71. The van der Waals surface area contributed by atoms with E-state index in [2.05, 4.69) is 36.2 Å². The Morgan fingerprint density at radius 3 is 2.59 bits per heavy atom. The molecule has 1 rings (SSSR count). The van der Waals surface area contributed by atoms with Gasteiger partial charge in [-0.15, -0.1) is 0 Å². The first-order chi connectivity index (χ1) is 8.10. The van der Waals surface area contributed by atoms with Crippen LogP contribution in [0, 0.1) is 5.92 Å². The van der Waals surface area contributed by atoms with E-state index in [1.54, 1.807) is 7.11 Å². The molecular formula is C12H23N3O2. The van der Waals surface area contributed by atoms with E-state index in [1.165, 1.54) is 0 Å². The van der Waals surface area contributed by atoms with Crippen LogP contribution >= 0.6 is 0 Å². The third-order valence-electron chi connectivity index (χ3n) is 3.01. The summed E-state index contributed by atoms with van der Waals surface area (Å²) in [5, 5.41) is 7.22. The van der Waals surface area contributed by atoms with Crippen molar-refractivity contribution >= 4 is 0 Å². The van der Waals surface area contributed by atoms with Crippen LogP contribution in [0.15, 0.2) is 4.52 Å². The zero-order chi connectivity index (χ0) is 12.8. The maximum Gasteiger partial charge on any atom is 0.231 e. The smallest absolute Gasteiger partial charge is 0.231 e. The molecule has 0 aliphatic heterocycles. The second-order valence-electron chi connectivity index (χ2n) is 4.64. The average Bonchev–Trinajstić information content (AvgIpc) is 2.74. The molecular weight excluding hydrogens is 218 g/mol. The first-order valence-electron chi connectivity index (χ1n) is 6.08. The van der Waals surface area contributed by atoms with Gasteiger partial charge in [0.05, 0.1) is 12.5 Å². The Hall–Kier alpha value is -0.940. The first-order valence-corrected chi connectivity index (χ1v) is 6.08. The highest BCUT2D eigenvalue weighted by molar-refractivity contribution is 5.00. The standard InChI is InChI=1S/C12H23N3O2/c1-8(2)11(9(3)13-4)12-14-10(15-17-12)6-7-16-5/h8-9,11,13H,6-7H2,1-5H3. The number of hydrogen-bond acceptors (Lipinski definition) is 5. The molecule has 5 heteroatoms. The Morgan fingerprint density at radius 2 is 2.06 bits per heavy atom. The minimum absolute atomic E-state index is 0.240. The highest BCUT2D eigenvalue weighted by Gasteiger charge is 2.27. The molecule has 0 spiro atoms. The summed E-state index contributed by atoms with van der Waals surface area (Å²) in [4.78, 5) is 4.44. The van der Waals surface area contributed by atoms with Crippen LogP contribution in [0.1, 0.15) is 38.4 Å². The van der Waals surface area contributed by atoms with E-state index in [0.29, 0.717) is 30.9 Å². The molecule has 17 heavy (non-hydrogen) atoms. The number of aromatic nitrogens is 2. The maximum absolute atomic E-state index is 5.35. The molecule has 5 nitrogen and oxygen atoms in total. The summed E-state index contributed by atoms with van der Waals surface area (Å²) in [5.74, 6) is 2.13. The lowest BCUT2D eigenvalue weighted by Crippen LogP contribution is -2.32. The van der Waals surface area contributed by atoms with Crippen molar-refractivity contribution in [2.75, 3.05) is 20.8 Å². The van der Waals surface area contributed by atoms with E-state index in [1.807, 2.05) is 7.05 Å². The van der Waals surface area contributed by atoms with Gasteiger partial charge in [0, 0.05) is 19.6 Å². The van der Waals surface area contributed by atoms with Crippen molar-refractivity contribution in [3.8, 4) is 0 Å². The number of nitrogens with one attached hydrogen (secondary N) is 1. The third-order valence-corrected chi connectivity index (χ3v) is 3.01. The molecule has 0 radical (unpaired) electrons. The number of rotatable bonds is 7. The van der Waals surface area contributed by atoms with Crippen molar-refractivity contribution < 1.29 is 9.26 Å². The quantitative estimate of drug-likeness (QED) is 0.785. The van der Waals surface area contributed by atoms with Crippen LogP contribution in [0.5, 0.6) is 0 Å². The highest BCUT2D eigenvalue weighted by Crippen LogP contribution is 2.26. The van der Waals surface area contributed by atoms with Gasteiger partial charge in [-0.3, -0.25) is 0 Å². The normalized spacial score (nSPS) is 15.2. The van der Waals surface area contributed by atoms with Crippen molar-refractivity contribution in [1.82, 2.24) is 15.5 Å². The number of hydrogen-bond donors (Lipinski definition) is 1. The van der Waals surface area contributed by atoms with Crippen molar-refractivity contribution in [2.24, 2.45) is 5.92 Å². The van der Waals surface area contributed by atoms with E-state index < -0.39 is 0 Å². The Balaban J connectivity index is 2.77. The zero-order valence-corrected chi connectivity index (χ0v) is 11.4. The van der Waals surface area contributed by atoms with E-state index in [-0.39, 0.29) is 5.92 Å². The van der Waals surface area contributed by atoms with Gasteiger partial charge >= 0.3 is 0 Å². The maximum atomic E-state index is 5.35. The second-order valence-corrected chi connectivity index (χ2v) is 4.64. The summed E-state index contributed by atoms with van der Waals surface area (Å²) >= 11 is 0. The Morgan fingerprint density at radius 1 is 1.35 bits per heavy atom. The third kappa shape index (κ3) is 3.78. The minimum Gasteiger partial charge on any atom is -0.384 e. The van der Waals surface area contributed by atoms with Gasteiger partial charge in [0.15, 0.2) is 5.82 Å². The Labute approximate surface area is 103 Å². The van der Waals surface area contributed by atoms with Gasteiger partial charge in [0.1, 0.15) is 0 Å². The van der Waals surface area contributed by atoms with Crippen LogP contribution in [0.3, 0.4) is 0 Å². The van der Waals surface area contributed by atoms with E-state index in [0.717, 1.165) is 5.82 Å². The van der Waals surface area contributed by atoms with Gasteiger partial charge in [-0.25, -0.2) is 0 Å². The predicted octanol–water partition coefficient (Wildman–Crippen LogP) is 1.61. The van der Waals surface area contributed by atoms with Crippen molar-refractivity contribution in [2.45, 2.75) is 39.2 Å². The first kappa shape index (κ1) is 14.1. The number of nitrogens with zero attached hydrogens (tertiary/aromatic N) is 2. The summed E-state index contributed by atoms with van der Waals surface area (Å²) in [7, 11) is 3.61. The summed E-state index contributed by atoms with van der Waals surface area (Å²) in [6, 6.07) is 0.311. The molecule has 0 saturated heterocycles. The van der Waals surface area contributed by atoms with Crippen LogP contribution in [-0.4, -0.2) is 36.9 Å². The Bertz CT molecular complexity index is 325. The van der Waals surface area contributed by atoms with E-state index in [4.69, 9.17) is 9.26 Å². The molecule has 1 aromatic heterocycles. The summed E-state index contributed by atoms with van der Waals surface area (Å²) in [6.07, 6.45) is 0.693. The van der Waals surface area contributed by atoms with Gasteiger partial charge in [-0.1, -0.05) is 19.0 Å². The molecule has 2 unspecified atom stereocenters. The van der Waals surface area contributed by atoms with Gasteiger partial charge in [0.2, 0.25) is 5.89 Å². The molecule has 0 bridgehead atoms. The molecule has 1 heterocycles. The number of likely N-dealkylation sites (N-methyl/N-ethyl adjacent to an activating group) is 1. The lowest BCUT2D eigenvalue weighted by molar-refractivity contribution is 0.199. The molecule has 0 aromatic carbocycles. The van der Waals surface area contributed by atoms with Crippen LogP contribution < -0.4 is 5.32 Å². The fourth-order valence-corrected chi connectivity index (χ4v) is 1.95. The fourth-order valence-electron chi connectivity index (χ4n) is 1.95. The minimum atomic E-state index is 0.240. The van der Waals surface area contributed by atoms with Gasteiger partial charge in [0.25, 0.3) is 0 Å². The molecule has 0 amide bonds. The predicted molar refractivity (Wildman–Crippen MR) is 66.0 cm³/mol. The van der Waals surface area contributed by atoms with Crippen LogP contribution in [0.25, 0.3) is 0 Å². The Kier molecular flexibility index (Phi) is 5.58. The highest BCUT2D eigenvalue weighted by atomic mass is 16.5. The monoisotopic (exact) mass is 241 g/mol. The van der Waals surface area contributed by atoms with Gasteiger partial charge in [-0.05, 0) is 19.9 Å². The summed E-state index contributed by atoms with van der Waals surface area (Å²) in [5.41, 5.74) is 0. The molecule has 1 aromatic rings. The van der Waals surface area contributed by atoms with E-state index in [9.17, 15) is 0 Å². The van der Waals surface area contributed by atoms with Crippen LogP contribution in [0.2, 0.25) is 0 Å². The average molecular weight is 241 g/mol. The molecule has 2 atom stereocenters. The lowest BCUT2D eigenvalue weighted by Gasteiger charge is -2.23. The van der Waals surface area contributed by atoms with Crippen LogP contribution in [-0.2, 0) is 11.2 Å². The molecule has 98 valence electrons. The topological polar surface area (TPSA) is 60.2 Å². The van der Waals surface area contributed by atoms with Crippen molar-refractivity contribution in [3.05, 3.63) is 11.7 Å².